The molecule has 5 N–H and O–H groups in total. The number of hydrogen-bond donors (Lipinski definition) is 3. The van der Waals surface area contributed by atoms with Crippen molar-refractivity contribution < 1.29 is 19.3 Å². The Hall–Kier alpha value is -1.84. The van der Waals surface area contributed by atoms with E-state index in [1.54, 1.807) is 0 Å². The number of hydrazine groups is 1. The second kappa shape index (κ2) is 9.97. The van der Waals surface area contributed by atoms with E-state index in [1.807, 2.05) is 19.4 Å². The molecular formula is C10H21N7O4. The van der Waals surface area contributed by atoms with Gasteiger partial charge in [-0.3, -0.25) is 14.5 Å². The summed E-state index contributed by atoms with van der Waals surface area (Å²) in [6.07, 6.45) is 0. The van der Waals surface area contributed by atoms with Gasteiger partial charge in [-0.1, -0.05) is 13.8 Å². The summed E-state index contributed by atoms with van der Waals surface area (Å²) in [4.78, 5) is 36.2. The molecule has 3 amide bonds. The van der Waals surface area contributed by atoms with Gasteiger partial charge in [0.1, 0.15) is 6.04 Å². The molecule has 1 atom stereocenters. The Morgan fingerprint density at radius 3 is 2.38 bits per heavy atom. The summed E-state index contributed by atoms with van der Waals surface area (Å²) in [7, 11) is 0. The van der Waals surface area contributed by atoms with Crippen molar-refractivity contribution in [1.82, 2.24) is 15.4 Å². The van der Waals surface area contributed by atoms with Crippen molar-refractivity contribution in [1.29, 1.82) is 10.8 Å². The van der Waals surface area contributed by atoms with Gasteiger partial charge in [0.2, 0.25) is 0 Å². The molecule has 11 nitrogen and oxygen atoms in total. The van der Waals surface area contributed by atoms with Gasteiger partial charge in [-0.05, 0) is 5.92 Å². The summed E-state index contributed by atoms with van der Waals surface area (Å²) in [6, 6.07) is -0.854. The van der Waals surface area contributed by atoms with E-state index in [0.29, 0.717) is 0 Å². The van der Waals surface area contributed by atoms with Gasteiger partial charge in [0, 0.05) is 17.3 Å². The molecule has 1 fully saturated rings. The monoisotopic (exact) mass is 303 g/mol. The molecule has 0 radical (unpaired) electrons. The predicted molar refractivity (Wildman–Crippen MR) is 69.3 cm³/mol. The Labute approximate surface area is 122 Å². The van der Waals surface area contributed by atoms with Crippen LogP contribution in [0.3, 0.4) is 0 Å². The Morgan fingerprint density at radius 1 is 1.29 bits per heavy atom. The first-order valence-corrected chi connectivity index (χ1v) is 6.25. The largest absolute Gasteiger partial charge is 0.327 e. The third kappa shape index (κ3) is 4.88. The number of hydrogen-bond acceptors (Lipinski definition) is 9. The van der Waals surface area contributed by atoms with Crippen LogP contribution in [0.2, 0.25) is 0 Å². The quantitative estimate of drug-likeness (QED) is 0.160. The Morgan fingerprint density at radius 2 is 1.90 bits per heavy atom. The van der Waals surface area contributed by atoms with Crippen LogP contribution in [-0.4, -0.2) is 54.1 Å². The zero-order valence-corrected chi connectivity index (χ0v) is 12.1. The fourth-order valence-corrected chi connectivity index (χ4v) is 2.09. The lowest BCUT2D eigenvalue weighted by Gasteiger charge is -2.23. The lowest BCUT2D eigenvalue weighted by Crippen LogP contribution is -2.41. The van der Waals surface area contributed by atoms with Crippen LogP contribution in [0.25, 0.3) is 0 Å². The van der Waals surface area contributed by atoms with Crippen LogP contribution in [0.1, 0.15) is 13.8 Å². The molecule has 0 aromatic heterocycles. The number of imide groups is 1. The van der Waals surface area contributed by atoms with Crippen LogP contribution in [-0.2, 0) is 14.5 Å². The highest BCUT2D eigenvalue weighted by molar-refractivity contribution is 6.04. The van der Waals surface area contributed by atoms with E-state index in [0.717, 1.165) is 4.90 Å². The van der Waals surface area contributed by atoms with Crippen molar-refractivity contribution >= 4 is 11.9 Å². The summed E-state index contributed by atoms with van der Waals surface area (Å²) in [5, 5.41) is 12.0. The third-order valence-corrected chi connectivity index (χ3v) is 2.91. The second-order valence-electron chi connectivity index (χ2n) is 4.49. The van der Waals surface area contributed by atoms with E-state index in [4.69, 9.17) is 27.4 Å². The molecule has 0 aromatic carbocycles. The van der Waals surface area contributed by atoms with Gasteiger partial charge in [-0.25, -0.2) is 16.5 Å². The molecule has 0 aliphatic carbocycles. The van der Waals surface area contributed by atoms with Crippen LogP contribution in [0.15, 0.2) is 0 Å². The van der Waals surface area contributed by atoms with Crippen LogP contribution >= 0.6 is 0 Å². The van der Waals surface area contributed by atoms with E-state index >= 15 is 0 Å². The molecule has 21 heavy (non-hydrogen) atoms. The molecule has 120 valence electrons. The number of nitrogens with two attached hydrogens (primary N) is 2. The van der Waals surface area contributed by atoms with Crippen LogP contribution in [0.5, 0.6) is 0 Å². The molecule has 0 bridgehead atoms. The van der Waals surface area contributed by atoms with Gasteiger partial charge in [0.05, 0.1) is 19.8 Å². The smallest absolute Gasteiger partial charge is 0.310 e. The molecule has 1 heterocycles. The lowest BCUT2D eigenvalue weighted by molar-refractivity contribution is -0.130. The van der Waals surface area contributed by atoms with Crippen molar-refractivity contribution in [2.75, 3.05) is 26.3 Å². The molecule has 1 rings (SSSR count). The maximum absolute atomic E-state index is 12.2. The van der Waals surface area contributed by atoms with Crippen LogP contribution in [0.4, 0.5) is 4.79 Å². The Kier molecular flexibility index (Phi) is 9.10. The van der Waals surface area contributed by atoms with Gasteiger partial charge in [0.15, 0.2) is 0 Å². The highest BCUT2D eigenvalue weighted by Gasteiger charge is 2.45. The Bertz CT molecular complexity index is 363. The number of urea groups is 1. The summed E-state index contributed by atoms with van der Waals surface area (Å²) in [5.41, 5.74) is 2.03. The molecule has 1 saturated heterocycles. The normalized spacial score (nSPS) is 18.1. The van der Waals surface area contributed by atoms with Gasteiger partial charge in [-0.2, -0.15) is 0 Å². The van der Waals surface area contributed by atoms with Crippen molar-refractivity contribution in [3.05, 3.63) is 0 Å². The summed E-state index contributed by atoms with van der Waals surface area (Å²) < 4.78 is 0. The first kappa shape index (κ1) is 19.2. The summed E-state index contributed by atoms with van der Waals surface area (Å²) in [6.45, 7) is 4.49. The molecule has 11 heteroatoms. The summed E-state index contributed by atoms with van der Waals surface area (Å²) >= 11 is 0. The fraction of sp³-hybridized carbons (Fsp3) is 0.800. The minimum atomic E-state index is -0.494. The SMILES string of the molecule is CC(C)C1C(=O)N(CCON)C(=O)N1CCONN.N#N. The van der Waals surface area contributed by atoms with E-state index < -0.39 is 6.04 Å². The minimum absolute atomic E-state index is 0.00563. The van der Waals surface area contributed by atoms with E-state index in [-0.39, 0.29) is 44.2 Å². The van der Waals surface area contributed by atoms with Crippen molar-refractivity contribution in [3.63, 3.8) is 0 Å². The molecule has 0 aromatic rings. The number of nitrogens with zero attached hydrogens (tertiary/aromatic N) is 4. The average molecular weight is 303 g/mol. The van der Waals surface area contributed by atoms with Crippen molar-refractivity contribution in [2.45, 2.75) is 19.9 Å². The fourth-order valence-electron chi connectivity index (χ4n) is 2.09. The minimum Gasteiger partial charge on any atom is -0.310 e. The predicted octanol–water partition coefficient (Wildman–Crippen LogP) is -1.41. The summed E-state index contributed by atoms with van der Waals surface area (Å²) in [5.74, 6) is 9.67. The standard InChI is InChI=1S/C10H21N5O4.N2/c1-7(2)8-9(16)15(3-5-18-12)10(17)14(8)4-6-19-13-11;1-2/h7-8,13H,3-6,11-12H2,1-2H3;. The first-order chi connectivity index (χ1) is 10.0. The average Bonchev–Trinajstić information content (AvgIpc) is 2.71. The number of rotatable bonds is 8. The molecule has 1 unspecified atom stereocenters. The van der Waals surface area contributed by atoms with Crippen LogP contribution < -0.4 is 17.3 Å². The Balaban J connectivity index is 0.00000191. The van der Waals surface area contributed by atoms with Gasteiger partial charge >= 0.3 is 6.03 Å². The third-order valence-electron chi connectivity index (χ3n) is 2.91. The molecule has 0 saturated carbocycles. The highest BCUT2D eigenvalue weighted by atomic mass is 16.7. The van der Waals surface area contributed by atoms with Crippen molar-refractivity contribution in [3.8, 4) is 0 Å². The van der Waals surface area contributed by atoms with Gasteiger partial charge in [-0.15, -0.1) is 5.59 Å². The lowest BCUT2D eigenvalue weighted by atomic mass is 10.0. The maximum Gasteiger partial charge on any atom is 0.327 e. The zero-order chi connectivity index (χ0) is 16.4. The van der Waals surface area contributed by atoms with Crippen LogP contribution in [0, 0.1) is 16.7 Å². The number of nitrogens with one attached hydrogen (secondary N) is 1. The molecule has 1 aliphatic heterocycles. The molecular weight excluding hydrogens is 282 g/mol. The topological polar surface area (TPSA) is 171 Å². The second-order valence-corrected chi connectivity index (χ2v) is 4.49. The first-order valence-electron chi connectivity index (χ1n) is 6.25. The van der Waals surface area contributed by atoms with E-state index in [1.165, 1.54) is 4.90 Å². The maximum atomic E-state index is 12.2. The molecule has 0 spiro atoms. The molecule has 1 aliphatic rings. The number of amides is 3. The number of carbonyl (C=O) groups excluding carboxylic acids is 2. The zero-order valence-electron chi connectivity index (χ0n) is 12.1. The number of carbonyl (C=O) groups is 2. The van der Waals surface area contributed by atoms with Crippen molar-refractivity contribution in [2.24, 2.45) is 17.7 Å². The van der Waals surface area contributed by atoms with Gasteiger partial charge in [0.25, 0.3) is 5.91 Å². The van der Waals surface area contributed by atoms with Gasteiger partial charge < -0.3 is 9.74 Å². The van der Waals surface area contributed by atoms with E-state index in [9.17, 15) is 9.59 Å². The van der Waals surface area contributed by atoms with E-state index in [2.05, 4.69) is 4.84 Å². The highest BCUT2D eigenvalue weighted by Crippen LogP contribution is 2.23.